The molecule has 0 aliphatic carbocycles. The highest BCUT2D eigenvalue weighted by molar-refractivity contribution is 5.84. The third kappa shape index (κ3) is 3.70. The molecule has 0 bridgehead atoms. The SMILES string of the molecule is CCN(CC)C(=O)C(C)N(C)c1cccc(CN)c1. The molecule has 0 fully saturated rings. The van der Waals surface area contributed by atoms with Crippen LogP contribution in [-0.2, 0) is 11.3 Å². The predicted molar refractivity (Wildman–Crippen MR) is 80.1 cm³/mol. The van der Waals surface area contributed by atoms with E-state index in [2.05, 4.69) is 0 Å². The first-order chi connectivity index (χ1) is 9.04. The van der Waals surface area contributed by atoms with Crippen LogP contribution in [0.15, 0.2) is 24.3 Å². The van der Waals surface area contributed by atoms with E-state index in [1.165, 1.54) is 0 Å². The summed E-state index contributed by atoms with van der Waals surface area (Å²) in [5.41, 5.74) is 7.75. The minimum absolute atomic E-state index is 0.158. The van der Waals surface area contributed by atoms with Crippen LogP contribution in [0.5, 0.6) is 0 Å². The Balaban J connectivity index is 2.86. The van der Waals surface area contributed by atoms with Gasteiger partial charge in [0.05, 0.1) is 0 Å². The van der Waals surface area contributed by atoms with Crippen molar-refractivity contribution in [3.63, 3.8) is 0 Å². The predicted octanol–water partition coefficient (Wildman–Crippen LogP) is 1.84. The first-order valence-corrected chi connectivity index (χ1v) is 6.85. The van der Waals surface area contributed by atoms with Crippen molar-refractivity contribution in [3.05, 3.63) is 29.8 Å². The molecule has 2 N–H and O–H groups in total. The molecule has 1 unspecified atom stereocenters. The van der Waals surface area contributed by atoms with Crippen LogP contribution >= 0.6 is 0 Å². The maximum Gasteiger partial charge on any atom is 0.244 e. The lowest BCUT2D eigenvalue weighted by Gasteiger charge is -2.30. The monoisotopic (exact) mass is 263 g/mol. The maximum atomic E-state index is 12.3. The molecular weight excluding hydrogens is 238 g/mol. The number of nitrogens with two attached hydrogens (primary N) is 1. The zero-order valence-electron chi connectivity index (χ0n) is 12.4. The van der Waals surface area contributed by atoms with Crippen LogP contribution < -0.4 is 10.6 Å². The fourth-order valence-electron chi connectivity index (χ4n) is 2.09. The standard InChI is InChI=1S/C15H25N3O/c1-5-18(6-2)15(19)12(3)17(4)14-9-7-8-13(10-14)11-16/h7-10,12H,5-6,11,16H2,1-4H3. The molecule has 4 nitrogen and oxygen atoms in total. The Morgan fingerprint density at radius 3 is 2.47 bits per heavy atom. The highest BCUT2D eigenvalue weighted by atomic mass is 16.2. The van der Waals surface area contributed by atoms with Gasteiger partial charge in [0.2, 0.25) is 5.91 Å². The van der Waals surface area contributed by atoms with Gasteiger partial charge in [-0.25, -0.2) is 0 Å². The van der Waals surface area contributed by atoms with Crippen molar-refractivity contribution in [2.75, 3.05) is 25.0 Å². The van der Waals surface area contributed by atoms with E-state index >= 15 is 0 Å². The number of anilines is 1. The van der Waals surface area contributed by atoms with E-state index in [0.29, 0.717) is 6.54 Å². The molecule has 1 rings (SSSR count). The minimum Gasteiger partial charge on any atom is -0.363 e. The molecule has 1 amide bonds. The molecule has 19 heavy (non-hydrogen) atoms. The number of hydrogen-bond acceptors (Lipinski definition) is 3. The number of amides is 1. The second kappa shape index (κ2) is 7.14. The van der Waals surface area contributed by atoms with E-state index in [9.17, 15) is 4.79 Å². The van der Waals surface area contributed by atoms with Gasteiger partial charge in [0.15, 0.2) is 0 Å². The lowest BCUT2D eigenvalue weighted by Crippen LogP contribution is -2.45. The Kier molecular flexibility index (Phi) is 5.83. The number of hydrogen-bond donors (Lipinski definition) is 1. The second-order valence-electron chi connectivity index (χ2n) is 4.67. The Labute approximate surface area is 116 Å². The fraction of sp³-hybridized carbons (Fsp3) is 0.533. The zero-order valence-corrected chi connectivity index (χ0v) is 12.4. The van der Waals surface area contributed by atoms with Crippen LogP contribution in [0.4, 0.5) is 5.69 Å². The Bertz CT molecular complexity index is 416. The van der Waals surface area contributed by atoms with Gasteiger partial charge in [-0.15, -0.1) is 0 Å². The molecule has 0 radical (unpaired) electrons. The number of rotatable bonds is 6. The van der Waals surface area contributed by atoms with Gasteiger partial charge in [0.25, 0.3) is 0 Å². The van der Waals surface area contributed by atoms with Crippen LogP contribution in [-0.4, -0.2) is 37.0 Å². The van der Waals surface area contributed by atoms with Gasteiger partial charge in [0, 0.05) is 32.4 Å². The van der Waals surface area contributed by atoms with Gasteiger partial charge in [-0.1, -0.05) is 12.1 Å². The van der Waals surface area contributed by atoms with Gasteiger partial charge in [-0.05, 0) is 38.5 Å². The van der Waals surface area contributed by atoms with Gasteiger partial charge >= 0.3 is 0 Å². The summed E-state index contributed by atoms with van der Waals surface area (Å²) in [6.07, 6.45) is 0. The third-order valence-electron chi connectivity index (χ3n) is 3.57. The van der Waals surface area contributed by atoms with Crippen LogP contribution in [0.2, 0.25) is 0 Å². The number of likely N-dealkylation sites (N-methyl/N-ethyl adjacent to an activating group) is 2. The van der Waals surface area contributed by atoms with Gasteiger partial charge in [-0.2, -0.15) is 0 Å². The molecule has 1 atom stereocenters. The Morgan fingerprint density at radius 2 is 1.95 bits per heavy atom. The summed E-state index contributed by atoms with van der Waals surface area (Å²) in [4.78, 5) is 16.2. The van der Waals surface area contributed by atoms with E-state index in [0.717, 1.165) is 24.3 Å². The number of nitrogens with zero attached hydrogens (tertiary/aromatic N) is 2. The van der Waals surface area contributed by atoms with Crippen molar-refractivity contribution < 1.29 is 4.79 Å². The van der Waals surface area contributed by atoms with E-state index < -0.39 is 0 Å². The first kappa shape index (κ1) is 15.5. The van der Waals surface area contributed by atoms with Gasteiger partial charge in [-0.3, -0.25) is 4.79 Å². The van der Waals surface area contributed by atoms with Crippen molar-refractivity contribution in [1.82, 2.24) is 4.90 Å². The van der Waals surface area contributed by atoms with Crippen molar-refractivity contribution in [1.29, 1.82) is 0 Å². The van der Waals surface area contributed by atoms with Crippen molar-refractivity contribution in [2.24, 2.45) is 5.73 Å². The average Bonchev–Trinajstić information content (AvgIpc) is 2.46. The molecule has 0 aliphatic rings. The van der Waals surface area contributed by atoms with Gasteiger partial charge < -0.3 is 15.5 Å². The topological polar surface area (TPSA) is 49.6 Å². The van der Waals surface area contributed by atoms with E-state index in [-0.39, 0.29) is 11.9 Å². The highest BCUT2D eigenvalue weighted by Crippen LogP contribution is 2.18. The number of carbonyl (C=O) groups excluding carboxylic acids is 1. The van der Waals surface area contributed by atoms with Crippen molar-refractivity contribution in [2.45, 2.75) is 33.4 Å². The summed E-state index contributed by atoms with van der Waals surface area (Å²) >= 11 is 0. The molecule has 4 heteroatoms. The fourth-order valence-corrected chi connectivity index (χ4v) is 2.09. The van der Waals surface area contributed by atoms with E-state index in [4.69, 9.17) is 5.73 Å². The summed E-state index contributed by atoms with van der Waals surface area (Å²) < 4.78 is 0. The van der Waals surface area contributed by atoms with Crippen molar-refractivity contribution in [3.8, 4) is 0 Å². The van der Waals surface area contributed by atoms with E-state index in [1.54, 1.807) is 0 Å². The lowest BCUT2D eigenvalue weighted by atomic mass is 10.1. The zero-order chi connectivity index (χ0) is 14.4. The molecule has 1 aromatic carbocycles. The molecule has 0 aliphatic heterocycles. The summed E-state index contributed by atoms with van der Waals surface area (Å²) in [7, 11) is 1.95. The first-order valence-electron chi connectivity index (χ1n) is 6.85. The molecule has 0 spiro atoms. The smallest absolute Gasteiger partial charge is 0.244 e. The number of carbonyl (C=O) groups is 1. The van der Waals surface area contributed by atoms with Crippen LogP contribution in [0, 0.1) is 0 Å². The largest absolute Gasteiger partial charge is 0.363 e. The minimum atomic E-state index is -0.173. The summed E-state index contributed by atoms with van der Waals surface area (Å²) in [5.74, 6) is 0.158. The molecular formula is C15H25N3O. The third-order valence-corrected chi connectivity index (χ3v) is 3.57. The summed E-state index contributed by atoms with van der Waals surface area (Å²) in [6.45, 7) is 7.95. The second-order valence-corrected chi connectivity index (χ2v) is 4.67. The van der Waals surface area contributed by atoms with Crippen LogP contribution in [0.3, 0.4) is 0 Å². The molecule has 0 saturated heterocycles. The molecule has 0 heterocycles. The normalized spacial score (nSPS) is 12.1. The maximum absolute atomic E-state index is 12.3. The lowest BCUT2D eigenvalue weighted by molar-refractivity contribution is -0.131. The molecule has 0 aromatic heterocycles. The molecule has 1 aromatic rings. The number of benzene rings is 1. The quantitative estimate of drug-likeness (QED) is 0.852. The van der Waals surface area contributed by atoms with Crippen LogP contribution in [0.25, 0.3) is 0 Å². The highest BCUT2D eigenvalue weighted by Gasteiger charge is 2.22. The van der Waals surface area contributed by atoms with E-state index in [1.807, 2.05) is 61.9 Å². The Morgan fingerprint density at radius 1 is 1.32 bits per heavy atom. The summed E-state index contributed by atoms with van der Waals surface area (Å²) in [5, 5.41) is 0. The molecule has 0 saturated carbocycles. The van der Waals surface area contributed by atoms with Gasteiger partial charge in [0.1, 0.15) is 6.04 Å². The Hall–Kier alpha value is -1.55. The molecule has 106 valence electrons. The van der Waals surface area contributed by atoms with Crippen LogP contribution in [0.1, 0.15) is 26.3 Å². The average molecular weight is 263 g/mol. The van der Waals surface area contributed by atoms with Crippen molar-refractivity contribution >= 4 is 11.6 Å². The summed E-state index contributed by atoms with van der Waals surface area (Å²) in [6, 6.07) is 7.83.